The average molecular weight is 278 g/mol. The van der Waals surface area contributed by atoms with Gasteiger partial charge in [-0.25, -0.2) is 9.97 Å². The molecule has 3 nitrogen and oxygen atoms in total. The second-order valence-electron chi connectivity index (χ2n) is 6.20. The summed E-state index contributed by atoms with van der Waals surface area (Å²) in [4.78, 5) is 9.23. The maximum atomic E-state index is 6.34. The minimum absolute atomic E-state index is 0.0920. The molecule has 0 aliphatic heterocycles. The van der Waals surface area contributed by atoms with Crippen molar-refractivity contribution in [2.45, 2.75) is 51.5 Å². The molecule has 0 radical (unpaired) electrons. The maximum absolute atomic E-state index is 6.34. The molecule has 2 heterocycles. The van der Waals surface area contributed by atoms with Gasteiger partial charge < -0.3 is 4.57 Å². The molecule has 0 saturated heterocycles. The summed E-state index contributed by atoms with van der Waals surface area (Å²) in [5.74, 6) is 0.954. The molecule has 0 spiro atoms. The normalized spacial score (nSPS) is 23.9. The number of imidazole rings is 1. The van der Waals surface area contributed by atoms with Crippen molar-refractivity contribution in [2.75, 3.05) is 0 Å². The molecule has 2 aromatic rings. The molecule has 2 unspecified atom stereocenters. The number of halogens is 1. The molecule has 0 bridgehead atoms. The van der Waals surface area contributed by atoms with Gasteiger partial charge in [0.15, 0.2) is 5.65 Å². The van der Waals surface area contributed by atoms with Crippen LogP contribution in [-0.4, -0.2) is 14.5 Å². The Bertz CT molecular complexity index is 600. The zero-order valence-electron chi connectivity index (χ0n) is 11.7. The standard InChI is InChI=1S/C15H20ClN3/c1-10(16)13-18-11-6-5-9-17-14(11)19(13)12-7-4-8-15(12,2)3/h5-6,9-10,12H,4,7-8H2,1-3H3. The fraction of sp³-hybridized carbons (Fsp3) is 0.600. The minimum atomic E-state index is -0.0920. The van der Waals surface area contributed by atoms with Crippen LogP contribution in [0.4, 0.5) is 0 Å². The van der Waals surface area contributed by atoms with Crippen molar-refractivity contribution in [2.24, 2.45) is 5.41 Å². The second-order valence-corrected chi connectivity index (χ2v) is 6.85. The van der Waals surface area contributed by atoms with E-state index in [-0.39, 0.29) is 10.8 Å². The first-order valence-electron chi connectivity index (χ1n) is 6.97. The first-order valence-corrected chi connectivity index (χ1v) is 7.41. The van der Waals surface area contributed by atoms with Crippen molar-refractivity contribution in [1.82, 2.24) is 14.5 Å². The van der Waals surface area contributed by atoms with Gasteiger partial charge in [0.1, 0.15) is 11.3 Å². The van der Waals surface area contributed by atoms with Gasteiger partial charge in [-0.3, -0.25) is 0 Å². The van der Waals surface area contributed by atoms with Crippen molar-refractivity contribution in [3.63, 3.8) is 0 Å². The molecule has 1 fully saturated rings. The van der Waals surface area contributed by atoms with Crippen LogP contribution in [0.15, 0.2) is 18.3 Å². The highest BCUT2D eigenvalue weighted by Crippen LogP contribution is 2.48. The predicted octanol–water partition coefficient (Wildman–Crippen LogP) is 4.48. The molecule has 2 atom stereocenters. The number of fused-ring (bicyclic) bond motifs is 1. The van der Waals surface area contributed by atoms with E-state index in [1.807, 2.05) is 25.3 Å². The summed E-state index contributed by atoms with van der Waals surface area (Å²) in [5.41, 5.74) is 2.21. The molecule has 0 N–H and O–H groups in total. The van der Waals surface area contributed by atoms with E-state index in [9.17, 15) is 0 Å². The van der Waals surface area contributed by atoms with E-state index in [1.54, 1.807) is 0 Å². The third-order valence-corrected chi connectivity index (χ3v) is 4.54. The predicted molar refractivity (Wildman–Crippen MR) is 78.5 cm³/mol. The summed E-state index contributed by atoms with van der Waals surface area (Å²) >= 11 is 6.34. The van der Waals surface area contributed by atoms with Crippen molar-refractivity contribution < 1.29 is 0 Å². The van der Waals surface area contributed by atoms with E-state index >= 15 is 0 Å². The molecule has 0 amide bonds. The highest BCUT2D eigenvalue weighted by molar-refractivity contribution is 6.20. The third-order valence-electron chi connectivity index (χ3n) is 4.34. The van der Waals surface area contributed by atoms with Crippen LogP contribution < -0.4 is 0 Å². The van der Waals surface area contributed by atoms with Crippen LogP contribution in [0.5, 0.6) is 0 Å². The number of nitrogens with zero attached hydrogens (tertiary/aromatic N) is 3. The van der Waals surface area contributed by atoms with Crippen molar-refractivity contribution in [1.29, 1.82) is 0 Å². The zero-order chi connectivity index (χ0) is 13.6. The molecule has 1 aliphatic rings. The highest BCUT2D eigenvalue weighted by Gasteiger charge is 2.38. The number of aromatic nitrogens is 3. The molecule has 1 aliphatic carbocycles. The molecule has 0 aromatic carbocycles. The number of rotatable bonds is 2. The first kappa shape index (κ1) is 12.9. The Hall–Kier alpha value is -1.09. The minimum Gasteiger partial charge on any atom is -0.308 e. The lowest BCUT2D eigenvalue weighted by Crippen LogP contribution is -2.23. The van der Waals surface area contributed by atoms with Gasteiger partial charge in [-0.15, -0.1) is 11.6 Å². The van der Waals surface area contributed by atoms with Crippen molar-refractivity contribution >= 4 is 22.8 Å². The lowest BCUT2D eigenvalue weighted by molar-refractivity contribution is 0.260. The van der Waals surface area contributed by atoms with E-state index in [1.165, 1.54) is 19.3 Å². The Balaban J connectivity index is 2.23. The second kappa shape index (κ2) is 4.48. The van der Waals surface area contributed by atoms with Gasteiger partial charge in [-0.05, 0) is 37.3 Å². The Labute approximate surface area is 119 Å². The van der Waals surface area contributed by atoms with Crippen LogP contribution in [-0.2, 0) is 0 Å². The quantitative estimate of drug-likeness (QED) is 0.758. The smallest absolute Gasteiger partial charge is 0.160 e. The van der Waals surface area contributed by atoms with Crippen LogP contribution in [0.25, 0.3) is 11.2 Å². The van der Waals surface area contributed by atoms with Gasteiger partial charge in [0.2, 0.25) is 0 Å². The fourth-order valence-electron chi connectivity index (χ4n) is 3.32. The van der Waals surface area contributed by atoms with Gasteiger partial charge in [0, 0.05) is 12.2 Å². The first-order chi connectivity index (χ1) is 9.00. The molecular weight excluding hydrogens is 258 g/mol. The largest absolute Gasteiger partial charge is 0.308 e. The average Bonchev–Trinajstić information content (AvgIpc) is 2.88. The summed E-state index contributed by atoms with van der Waals surface area (Å²) in [5, 5.41) is -0.0920. The van der Waals surface area contributed by atoms with Gasteiger partial charge in [-0.2, -0.15) is 0 Å². The Kier molecular flexibility index (Phi) is 3.05. The number of alkyl halides is 1. The third kappa shape index (κ3) is 2.04. The molecular formula is C15H20ClN3. The summed E-state index contributed by atoms with van der Waals surface area (Å²) in [6.07, 6.45) is 5.54. The van der Waals surface area contributed by atoms with E-state index in [4.69, 9.17) is 16.6 Å². The Morgan fingerprint density at radius 3 is 2.89 bits per heavy atom. The van der Waals surface area contributed by atoms with Gasteiger partial charge in [0.25, 0.3) is 0 Å². The van der Waals surface area contributed by atoms with Gasteiger partial charge in [0.05, 0.1) is 5.38 Å². The zero-order valence-corrected chi connectivity index (χ0v) is 12.5. The molecule has 2 aromatic heterocycles. The van der Waals surface area contributed by atoms with Crippen LogP contribution in [0, 0.1) is 5.41 Å². The van der Waals surface area contributed by atoms with E-state index < -0.39 is 0 Å². The number of pyridine rings is 1. The lowest BCUT2D eigenvalue weighted by atomic mass is 9.87. The maximum Gasteiger partial charge on any atom is 0.160 e. The molecule has 102 valence electrons. The summed E-state index contributed by atoms with van der Waals surface area (Å²) < 4.78 is 2.29. The Morgan fingerprint density at radius 2 is 2.26 bits per heavy atom. The number of hydrogen-bond donors (Lipinski definition) is 0. The summed E-state index contributed by atoms with van der Waals surface area (Å²) in [6, 6.07) is 4.40. The molecule has 3 rings (SSSR count). The van der Waals surface area contributed by atoms with Gasteiger partial charge >= 0.3 is 0 Å². The van der Waals surface area contributed by atoms with Crippen LogP contribution in [0.2, 0.25) is 0 Å². The van der Waals surface area contributed by atoms with Crippen LogP contribution in [0.1, 0.15) is 57.3 Å². The lowest BCUT2D eigenvalue weighted by Gasteiger charge is -2.30. The Morgan fingerprint density at radius 1 is 1.47 bits per heavy atom. The van der Waals surface area contributed by atoms with Gasteiger partial charge in [-0.1, -0.05) is 20.3 Å². The van der Waals surface area contributed by atoms with Crippen molar-refractivity contribution in [3.8, 4) is 0 Å². The van der Waals surface area contributed by atoms with Crippen molar-refractivity contribution in [3.05, 3.63) is 24.2 Å². The topological polar surface area (TPSA) is 30.7 Å². The summed E-state index contributed by atoms with van der Waals surface area (Å²) in [7, 11) is 0. The van der Waals surface area contributed by atoms with E-state index in [0.29, 0.717) is 6.04 Å². The molecule has 1 saturated carbocycles. The molecule has 19 heavy (non-hydrogen) atoms. The fourth-order valence-corrected chi connectivity index (χ4v) is 3.48. The van der Waals surface area contributed by atoms with Crippen LogP contribution >= 0.6 is 11.6 Å². The van der Waals surface area contributed by atoms with E-state index in [0.717, 1.165) is 17.0 Å². The highest BCUT2D eigenvalue weighted by atomic mass is 35.5. The van der Waals surface area contributed by atoms with E-state index in [2.05, 4.69) is 23.4 Å². The molecule has 4 heteroatoms. The number of hydrogen-bond acceptors (Lipinski definition) is 2. The SMILES string of the molecule is CC(Cl)c1nc2cccnc2n1C1CCCC1(C)C. The van der Waals surface area contributed by atoms with Crippen LogP contribution in [0.3, 0.4) is 0 Å². The monoisotopic (exact) mass is 277 g/mol. The summed E-state index contributed by atoms with van der Waals surface area (Å²) in [6.45, 7) is 6.66.